The number of para-hydroxylation sites is 1. The number of hydrogen-bond acceptors (Lipinski definition) is 4. The van der Waals surface area contributed by atoms with Crippen LogP contribution in [0.1, 0.15) is 12.8 Å². The van der Waals surface area contributed by atoms with Crippen molar-refractivity contribution in [2.45, 2.75) is 24.9 Å². The van der Waals surface area contributed by atoms with Crippen molar-refractivity contribution < 1.29 is 9.53 Å². The van der Waals surface area contributed by atoms with Gasteiger partial charge in [-0.05, 0) is 25.0 Å². The van der Waals surface area contributed by atoms with Crippen LogP contribution >= 0.6 is 24.8 Å². The summed E-state index contributed by atoms with van der Waals surface area (Å²) in [5.41, 5.74) is 1.24. The van der Waals surface area contributed by atoms with Crippen LogP contribution in [0, 0.1) is 0 Å². The summed E-state index contributed by atoms with van der Waals surface area (Å²) < 4.78 is 5.41. The molecule has 0 aliphatic carbocycles. The summed E-state index contributed by atoms with van der Waals surface area (Å²) in [6, 6.07) is 10.5. The zero-order valence-electron chi connectivity index (χ0n) is 14.0. The molecule has 0 saturated carbocycles. The van der Waals surface area contributed by atoms with E-state index in [9.17, 15) is 4.79 Å². The fraction of sp³-hybridized carbons (Fsp3) is 0.588. The number of nitrogens with one attached hydrogen (secondary N) is 1. The topological polar surface area (TPSA) is 44.8 Å². The Bertz CT molecular complexity index is 498. The van der Waals surface area contributed by atoms with Crippen LogP contribution in [0.15, 0.2) is 30.3 Å². The Morgan fingerprint density at radius 2 is 2.04 bits per heavy atom. The first-order valence-electron chi connectivity index (χ1n) is 8.13. The van der Waals surface area contributed by atoms with Gasteiger partial charge in [0.25, 0.3) is 0 Å². The number of likely N-dealkylation sites (N-methyl/N-ethyl adjacent to an activating group) is 1. The minimum absolute atomic E-state index is 0. The lowest BCUT2D eigenvalue weighted by molar-refractivity contribution is -0.137. The van der Waals surface area contributed by atoms with Crippen molar-refractivity contribution >= 4 is 36.4 Å². The zero-order chi connectivity index (χ0) is 15.4. The van der Waals surface area contributed by atoms with E-state index in [0.717, 1.165) is 32.5 Å². The third-order valence-electron chi connectivity index (χ3n) is 4.63. The van der Waals surface area contributed by atoms with Gasteiger partial charge in [0, 0.05) is 38.4 Å². The van der Waals surface area contributed by atoms with Gasteiger partial charge < -0.3 is 19.9 Å². The summed E-state index contributed by atoms with van der Waals surface area (Å²) >= 11 is 0. The van der Waals surface area contributed by atoms with Gasteiger partial charge in [0.15, 0.2) is 0 Å². The Hall–Kier alpha value is -1.01. The van der Waals surface area contributed by atoms with E-state index >= 15 is 0 Å². The number of nitrogens with zero attached hydrogens (tertiary/aromatic N) is 2. The number of rotatable bonds is 3. The number of benzene rings is 1. The fourth-order valence-electron chi connectivity index (χ4n) is 3.29. The van der Waals surface area contributed by atoms with Crippen LogP contribution in [0.2, 0.25) is 0 Å². The van der Waals surface area contributed by atoms with E-state index < -0.39 is 0 Å². The summed E-state index contributed by atoms with van der Waals surface area (Å²) in [6.45, 7) is 3.90. The van der Waals surface area contributed by atoms with Gasteiger partial charge in [-0.2, -0.15) is 0 Å². The molecule has 0 radical (unpaired) electrons. The van der Waals surface area contributed by atoms with Crippen molar-refractivity contribution in [1.29, 1.82) is 0 Å². The maximum atomic E-state index is 12.6. The highest BCUT2D eigenvalue weighted by Crippen LogP contribution is 2.22. The average Bonchev–Trinajstić information content (AvgIpc) is 2.62. The van der Waals surface area contributed by atoms with Crippen molar-refractivity contribution in [3.8, 4) is 0 Å². The Labute approximate surface area is 156 Å². The third kappa shape index (κ3) is 4.99. The lowest BCUT2D eigenvalue weighted by Crippen LogP contribution is -2.56. The van der Waals surface area contributed by atoms with Crippen LogP contribution in [0.25, 0.3) is 0 Å². The van der Waals surface area contributed by atoms with Crippen LogP contribution in [0.3, 0.4) is 0 Å². The van der Waals surface area contributed by atoms with E-state index in [0.29, 0.717) is 13.2 Å². The molecule has 3 rings (SSSR count). The van der Waals surface area contributed by atoms with Gasteiger partial charge >= 0.3 is 0 Å². The van der Waals surface area contributed by atoms with Gasteiger partial charge in [-0.25, -0.2) is 0 Å². The maximum Gasteiger partial charge on any atom is 0.242 e. The molecule has 2 aliphatic rings. The lowest BCUT2D eigenvalue weighted by Gasteiger charge is -2.40. The quantitative estimate of drug-likeness (QED) is 0.876. The second-order valence-corrected chi connectivity index (χ2v) is 6.11. The van der Waals surface area contributed by atoms with E-state index in [2.05, 4.69) is 34.5 Å². The molecule has 0 spiro atoms. The lowest BCUT2D eigenvalue weighted by atomic mass is 10.0. The van der Waals surface area contributed by atoms with Gasteiger partial charge in [0.05, 0.1) is 13.2 Å². The first-order valence-corrected chi connectivity index (χ1v) is 8.13. The molecule has 0 bridgehead atoms. The number of amides is 1. The monoisotopic (exact) mass is 375 g/mol. The Morgan fingerprint density at radius 3 is 2.71 bits per heavy atom. The number of morpholine rings is 1. The highest BCUT2D eigenvalue weighted by molar-refractivity contribution is 5.85. The van der Waals surface area contributed by atoms with Crippen LogP contribution in [0.5, 0.6) is 0 Å². The summed E-state index contributed by atoms with van der Waals surface area (Å²) in [5.74, 6) is 0.152. The highest BCUT2D eigenvalue weighted by atomic mass is 35.5. The SMILES string of the molecule is CN(C(=O)C1COCCN1)C1CCCN(c2ccccc2)C1.Cl.Cl. The molecular weight excluding hydrogens is 349 g/mol. The summed E-state index contributed by atoms with van der Waals surface area (Å²) in [5, 5.41) is 3.25. The van der Waals surface area contributed by atoms with Crippen LogP contribution in [-0.2, 0) is 9.53 Å². The van der Waals surface area contributed by atoms with E-state index in [1.54, 1.807) is 0 Å². The standard InChI is InChI=1S/C17H25N3O2.2ClH/c1-19(17(21)16-13-22-11-9-18-16)15-8-5-10-20(12-15)14-6-3-2-4-7-14;;/h2-4,6-7,15-16,18H,5,8-13H2,1H3;2*1H. The first kappa shape index (κ1) is 21.0. The van der Waals surface area contributed by atoms with Crippen molar-refractivity contribution in [2.75, 3.05) is 44.8 Å². The molecule has 2 heterocycles. The van der Waals surface area contributed by atoms with E-state index in [1.165, 1.54) is 5.69 Å². The van der Waals surface area contributed by atoms with Crippen molar-refractivity contribution in [3.63, 3.8) is 0 Å². The van der Waals surface area contributed by atoms with E-state index in [-0.39, 0.29) is 42.8 Å². The van der Waals surface area contributed by atoms with Gasteiger partial charge in [-0.3, -0.25) is 4.79 Å². The Balaban J connectivity index is 0.00000144. The molecule has 2 unspecified atom stereocenters. The second kappa shape index (κ2) is 10.1. The number of hydrogen-bond donors (Lipinski definition) is 1. The molecule has 2 atom stereocenters. The van der Waals surface area contributed by atoms with Crippen LogP contribution in [-0.4, -0.2) is 62.8 Å². The molecule has 2 fully saturated rings. The number of ether oxygens (including phenoxy) is 1. The average molecular weight is 376 g/mol. The van der Waals surface area contributed by atoms with Gasteiger partial charge in [-0.1, -0.05) is 18.2 Å². The molecule has 24 heavy (non-hydrogen) atoms. The second-order valence-electron chi connectivity index (χ2n) is 6.11. The summed E-state index contributed by atoms with van der Waals surface area (Å²) in [7, 11) is 1.93. The van der Waals surface area contributed by atoms with Gasteiger partial charge in [-0.15, -0.1) is 24.8 Å². The van der Waals surface area contributed by atoms with Crippen molar-refractivity contribution in [3.05, 3.63) is 30.3 Å². The predicted octanol–water partition coefficient (Wildman–Crippen LogP) is 1.95. The molecule has 0 aromatic heterocycles. The van der Waals surface area contributed by atoms with E-state index in [4.69, 9.17) is 4.74 Å². The fourth-order valence-corrected chi connectivity index (χ4v) is 3.29. The first-order chi connectivity index (χ1) is 10.8. The Morgan fingerprint density at radius 1 is 1.29 bits per heavy atom. The molecule has 136 valence electrons. The van der Waals surface area contributed by atoms with Gasteiger partial charge in [0.1, 0.15) is 6.04 Å². The molecule has 2 aliphatic heterocycles. The number of piperidine rings is 1. The highest BCUT2D eigenvalue weighted by Gasteiger charge is 2.31. The number of anilines is 1. The molecule has 1 aromatic rings. The molecule has 1 amide bonds. The molecule has 2 saturated heterocycles. The molecule has 1 aromatic carbocycles. The predicted molar refractivity (Wildman–Crippen MR) is 102 cm³/mol. The minimum atomic E-state index is -0.189. The van der Waals surface area contributed by atoms with Crippen molar-refractivity contribution in [2.24, 2.45) is 0 Å². The summed E-state index contributed by atoms with van der Waals surface area (Å²) in [6.07, 6.45) is 2.19. The van der Waals surface area contributed by atoms with Gasteiger partial charge in [0.2, 0.25) is 5.91 Å². The minimum Gasteiger partial charge on any atom is -0.378 e. The number of carbonyl (C=O) groups is 1. The number of halogens is 2. The van der Waals surface area contributed by atoms with E-state index in [1.807, 2.05) is 18.0 Å². The molecule has 1 N–H and O–H groups in total. The van der Waals surface area contributed by atoms with Crippen LogP contribution < -0.4 is 10.2 Å². The third-order valence-corrected chi connectivity index (χ3v) is 4.63. The number of carbonyl (C=O) groups excluding carboxylic acids is 1. The molecule has 5 nitrogen and oxygen atoms in total. The zero-order valence-corrected chi connectivity index (χ0v) is 15.7. The molecule has 7 heteroatoms. The largest absolute Gasteiger partial charge is 0.378 e. The Kier molecular flexibility index (Phi) is 8.84. The normalized spacial score (nSPS) is 23.6. The van der Waals surface area contributed by atoms with Crippen LogP contribution in [0.4, 0.5) is 5.69 Å². The smallest absolute Gasteiger partial charge is 0.242 e. The molecular formula is C17H27Cl2N3O2. The maximum absolute atomic E-state index is 12.6. The summed E-state index contributed by atoms with van der Waals surface area (Å²) in [4.78, 5) is 16.9. The van der Waals surface area contributed by atoms with Crippen molar-refractivity contribution in [1.82, 2.24) is 10.2 Å².